The summed E-state index contributed by atoms with van der Waals surface area (Å²) >= 11 is 0. The molecule has 1 fully saturated rings. The van der Waals surface area contributed by atoms with E-state index in [1.54, 1.807) is 12.3 Å². The topological polar surface area (TPSA) is 73.5 Å². The molecule has 0 saturated carbocycles. The number of fused-ring (bicyclic) bond motifs is 1. The first kappa shape index (κ1) is 21.3. The molecule has 0 spiro atoms. The van der Waals surface area contributed by atoms with Crippen LogP contribution in [0.4, 0.5) is 0 Å². The Hall–Kier alpha value is -2.89. The van der Waals surface area contributed by atoms with Crippen LogP contribution in [0.3, 0.4) is 0 Å². The molecular formula is C25H31N3O3. The Kier molecular flexibility index (Phi) is 5.73. The van der Waals surface area contributed by atoms with Crippen LogP contribution in [0, 0.1) is 5.92 Å². The zero-order valence-corrected chi connectivity index (χ0v) is 18.6. The average Bonchev–Trinajstić information content (AvgIpc) is 2.77. The van der Waals surface area contributed by atoms with Crippen LogP contribution >= 0.6 is 0 Å². The number of benzene rings is 1. The predicted octanol–water partition coefficient (Wildman–Crippen LogP) is 3.11. The molecule has 0 bridgehead atoms. The summed E-state index contributed by atoms with van der Waals surface area (Å²) in [5.74, 6) is 0.164. The number of nitrogens with one attached hydrogen (secondary N) is 1. The molecule has 4 rings (SSSR count). The first-order chi connectivity index (χ1) is 14.7. The maximum absolute atomic E-state index is 13.1. The molecule has 2 amide bonds. The number of hydrogen-bond donors (Lipinski definition) is 1. The van der Waals surface area contributed by atoms with E-state index in [0.717, 1.165) is 11.1 Å². The summed E-state index contributed by atoms with van der Waals surface area (Å²) < 4.78 is 0. The number of carbonyl (C=O) groups is 2. The van der Waals surface area contributed by atoms with Crippen molar-refractivity contribution in [1.29, 1.82) is 0 Å². The average molecular weight is 422 g/mol. The van der Waals surface area contributed by atoms with Crippen LogP contribution in [-0.4, -0.2) is 46.2 Å². The van der Waals surface area contributed by atoms with Crippen LogP contribution < -0.4 is 5.56 Å². The number of pyridine rings is 1. The smallest absolute Gasteiger partial charge is 0.253 e. The summed E-state index contributed by atoms with van der Waals surface area (Å²) in [6.07, 6.45) is 3.83. The molecule has 0 aliphatic carbocycles. The highest BCUT2D eigenvalue weighted by Gasteiger charge is 2.32. The van der Waals surface area contributed by atoms with Crippen molar-refractivity contribution in [3.8, 4) is 0 Å². The zero-order valence-electron chi connectivity index (χ0n) is 18.6. The Bertz CT molecular complexity index is 1030. The Balaban J connectivity index is 1.34. The first-order valence-corrected chi connectivity index (χ1v) is 11.1. The molecule has 2 aliphatic heterocycles. The standard InChI is InChI=1S/C25H31N3O3/c1-25(2,3)21-6-4-17(5-7-21)23(30)27-11-8-18(9-12-27)24(31)28-13-10-19-14-22(29)26-15-20(19)16-28/h4-7,14-15,18H,8-13,16H2,1-3H3,(H,26,29). The van der Waals surface area contributed by atoms with Crippen molar-refractivity contribution in [3.63, 3.8) is 0 Å². The maximum Gasteiger partial charge on any atom is 0.253 e. The van der Waals surface area contributed by atoms with Gasteiger partial charge in [-0.3, -0.25) is 14.4 Å². The van der Waals surface area contributed by atoms with Crippen LogP contribution in [0.15, 0.2) is 41.3 Å². The fourth-order valence-electron chi connectivity index (χ4n) is 4.53. The lowest BCUT2D eigenvalue weighted by atomic mass is 9.86. The third-order valence-corrected chi connectivity index (χ3v) is 6.56. The van der Waals surface area contributed by atoms with E-state index in [1.165, 1.54) is 5.56 Å². The highest BCUT2D eigenvalue weighted by molar-refractivity contribution is 5.94. The monoisotopic (exact) mass is 421 g/mol. The first-order valence-electron chi connectivity index (χ1n) is 11.1. The summed E-state index contributed by atoms with van der Waals surface area (Å²) in [5.41, 5.74) is 3.93. The minimum Gasteiger partial charge on any atom is -0.339 e. The molecule has 2 aliphatic rings. The SMILES string of the molecule is CC(C)(C)c1ccc(C(=O)N2CCC(C(=O)N3CCc4cc(=O)[nH]cc4C3)CC2)cc1. The number of nitrogens with zero attached hydrogens (tertiary/aromatic N) is 2. The van der Waals surface area contributed by atoms with Gasteiger partial charge >= 0.3 is 0 Å². The molecule has 164 valence electrons. The van der Waals surface area contributed by atoms with E-state index in [0.29, 0.717) is 51.0 Å². The fraction of sp³-hybridized carbons (Fsp3) is 0.480. The number of carbonyl (C=O) groups excluding carboxylic acids is 2. The van der Waals surface area contributed by atoms with Gasteiger partial charge in [0, 0.05) is 49.9 Å². The Morgan fingerprint density at radius 1 is 0.968 bits per heavy atom. The third-order valence-electron chi connectivity index (χ3n) is 6.56. The Morgan fingerprint density at radius 2 is 1.65 bits per heavy atom. The fourth-order valence-corrected chi connectivity index (χ4v) is 4.53. The van der Waals surface area contributed by atoms with E-state index < -0.39 is 0 Å². The van der Waals surface area contributed by atoms with E-state index in [4.69, 9.17) is 0 Å². The third kappa shape index (κ3) is 4.58. The Labute approximate surface area is 183 Å². The molecule has 6 heteroatoms. The molecule has 2 aromatic rings. The van der Waals surface area contributed by atoms with E-state index in [1.807, 2.05) is 34.1 Å². The van der Waals surface area contributed by atoms with E-state index in [9.17, 15) is 14.4 Å². The second kappa shape index (κ2) is 8.33. The molecule has 1 aromatic heterocycles. The minimum absolute atomic E-state index is 0.0437. The number of amides is 2. The molecular weight excluding hydrogens is 390 g/mol. The number of aromatic amines is 1. The number of H-pyrrole nitrogens is 1. The van der Waals surface area contributed by atoms with Crippen molar-refractivity contribution < 1.29 is 9.59 Å². The zero-order chi connectivity index (χ0) is 22.2. The molecule has 0 atom stereocenters. The predicted molar refractivity (Wildman–Crippen MR) is 120 cm³/mol. The number of aromatic nitrogens is 1. The number of hydrogen-bond acceptors (Lipinski definition) is 3. The van der Waals surface area contributed by atoms with Crippen molar-refractivity contribution in [2.24, 2.45) is 5.92 Å². The van der Waals surface area contributed by atoms with Crippen molar-refractivity contribution >= 4 is 11.8 Å². The maximum atomic E-state index is 13.1. The minimum atomic E-state index is -0.0939. The van der Waals surface area contributed by atoms with Gasteiger partial charge in [-0.15, -0.1) is 0 Å². The van der Waals surface area contributed by atoms with Crippen molar-refractivity contribution in [2.75, 3.05) is 19.6 Å². The Morgan fingerprint density at radius 3 is 2.29 bits per heavy atom. The highest BCUT2D eigenvalue weighted by atomic mass is 16.2. The molecule has 1 aromatic carbocycles. The number of likely N-dealkylation sites (tertiary alicyclic amines) is 1. The van der Waals surface area contributed by atoms with Crippen LogP contribution in [0.5, 0.6) is 0 Å². The van der Waals surface area contributed by atoms with Gasteiger partial charge in [0.05, 0.1) is 0 Å². The van der Waals surface area contributed by atoms with Gasteiger partial charge in [-0.25, -0.2) is 0 Å². The van der Waals surface area contributed by atoms with Gasteiger partial charge in [0.25, 0.3) is 5.91 Å². The van der Waals surface area contributed by atoms with Gasteiger partial charge < -0.3 is 14.8 Å². The van der Waals surface area contributed by atoms with Crippen LogP contribution in [0.2, 0.25) is 0 Å². The number of piperidine rings is 1. The quantitative estimate of drug-likeness (QED) is 0.810. The summed E-state index contributed by atoms with van der Waals surface area (Å²) in [6, 6.07) is 9.52. The van der Waals surface area contributed by atoms with Gasteiger partial charge in [-0.2, -0.15) is 0 Å². The van der Waals surface area contributed by atoms with Gasteiger partial charge in [-0.05, 0) is 53.5 Å². The molecule has 3 heterocycles. The summed E-state index contributed by atoms with van der Waals surface area (Å²) in [6.45, 7) is 8.88. The van der Waals surface area contributed by atoms with Crippen LogP contribution in [0.25, 0.3) is 0 Å². The van der Waals surface area contributed by atoms with Crippen LogP contribution in [-0.2, 0) is 23.2 Å². The molecule has 0 unspecified atom stereocenters. The largest absolute Gasteiger partial charge is 0.339 e. The van der Waals surface area contributed by atoms with Crippen molar-refractivity contribution in [1.82, 2.24) is 14.8 Å². The van der Waals surface area contributed by atoms with Gasteiger partial charge in [-0.1, -0.05) is 32.9 Å². The van der Waals surface area contributed by atoms with Gasteiger partial charge in [0.1, 0.15) is 0 Å². The van der Waals surface area contributed by atoms with E-state index >= 15 is 0 Å². The lowest BCUT2D eigenvalue weighted by Gasteiger charge is -2.36. The van der Waals surface area contributed by atoms with Gasteiger partial charge in [0.15, 0.2) is 0 Å². The second-order valence-electron chi connectivity index (χ2n) is 9.75. The van der Waals surface area contributed by atoms with E-state index in [2.05, 4.69) is 25.8 Å². The van der Waals surface area contributed by atoms with E-state index in [-0.39, 0.29) is 28.7 Å². The lowest BCUT2D eigenvalue weighted by Crippen LogP contribution is -2.45. The normalized spacial score (nSPS) is 17.4. The summed E-state index contributed by atoms with van der Waals surface area (Å²) in [5, 5.41) is 0. The molecule has 31 heavy (non-hydrogen) atoms. The summed E-state index contributed by atoms with van der Waals surface area (Å²) in [7, 11) is 0. The van der Waals surface area contributed by atoms with Gasteiger partial charge in [0.2, 0.25) is 11.5 Å². The highest BCUT2D eigenvalue weighted by Crippen LogP contribution is 2.26. The second-order valence-corrected chi connectivity index (χ2v) is 9.75. The number of rotatable bonds is 2. The molecule has 1 N–H and O–H groups in total. The van der Waals surface area contributed by atoms with Crippen molar-refractivity contribution in [3.05, 3.63) is 69.1 Å². The summed E-state index contributed by atoms with van der Waals surface area (Å²) in [4.78, 5) is 43.9. The molecule has 0 radical (unpaired) electrons. The van der Waals surface area contributed by atoms with Crippen LogP contribution in [0.1, 0.15) is 60.7 Å². The van der Waals surface area contributed by atoms with Crippen molar-refractivity contribution in [2.45, 2.75) is 52.0 Å². The lowest BCUT2D eigenvalue weighted by molar-refractivity contribution is -0.137. The molecule has 6 nitrogen and oxygen atoms in total. The molecule has 1 saturated heterocycles.